The molecule has 3 aliphatic rings. The van der Waals surface area contributed by atoms with E-state index < -0.39 is 6.05 Å². The van der Waals surface area contributed by atoms with E-state index in [9.17, 15) is 13.6 Å². The summed E-state index contributed by atoms with van der Waals surface area (Å²) in [4.78, 5) is 18.0. The Morgan fingerprint density at radius 3 is 2.71 bits per heavy atom. The summed E-state index contributed by atoms with van der Waals surface area (Å²) in [5.41, 5.74) is 4.77. The van der Waals surface area contributed by atoms with Crippen molar-refractivity contribution in [2.45, 2.75) is 44.2 Å². The monoisotopic (exact) mass is 425 g/mol. The summed E-state index contributed by atoms with van der Waals surface area (Å²) in [5.74, 6) is 0.437. The number of rotatable bonds is 5. The van der Waals surface area contributed by atoms with Crippen LogP contribution in [0.15, 0.2) is 42.5 Å². The fourth-order valence-electron chi connectivity index (χ4n) is 5.52. The van der Waals surface area contributed by atoms with E-state index >= 15 is 0 Å². The van der Waals surface area contributed by atoms with Crippen LogP contribution in [0.4, 0.5) is 20.2 Å². The minimum Gasteiger partial charge on any atom is -0.358 e. The first kappa shape index (κ1) is 20.4. The van der Waals surface area contributed by atoms with Crippen LogP contribution < -0.4 is 9.80 Å². The lowest BCUT2D eigenvalue weighted by Gasteiger charge is -2.44. The summed E-state index contributed by atoms with van der Waals surface area (Å²) in [6.45, 7) is 4.40. The Morgan fingerprint density at radius 2 is 1.94 bits per heavy atom. The molecule has 1 fully saturated rings. The summed E-state index contributed by atoms with van der Waals surface area (Å²) in [7, 11) is 1.49. The third-order valence-corrected chi connectivity index (χ3v) is 7.26. The number of para-hydroxylation sites is 1. The molecule has 0 N–H and O–H groups in total. The summed E-state index contributed by atoms with van der Waals surface area (Å²) < 4.78 is 29.2. The summed E-state index contributed by atoms with van der Waals surface area (Å²) >= 11 is 0. The normalized spacial score (nSPS) is 24.1. The Morgan fingerprint density at radius 1 is 1.16 bits per heavy atom. The molecular formula is C25H29F2N3O. The molecule has 2 aromatic rings. The molecule has 3 aliphatic heterocycles. The summed E-state index contributed by atoms with van der Waals surface area (Å²) in [5, 5.41) is 0. The Bertz CT molecular complexity index is 991. The van der Waals surface area contributed by atoms with E-state index in [0.717, 1.165) is 54.2 Å². The van der Waals surface area contributed by atoms with Gasteiger partial charge in [0.1, 0.15) is 6.54 Å². The van der Waals surface area contributed by atoms with Crippen molar-refractivity contribution in [1.29, 1.82) is 0 Å². The van der Waals surface area contributed by atoms with E-state index in [4.69, 9.17) is 0 Å². The van der Waals surface area contributed by atoms with Gasteiger partial charge in [0, 0.05) is 44.1 Å². The molecule has 0 spiro atoms. The highest BCUT2D eigenvalue weighted by molar-refractivity contribution is 5.96. The zero-order valence-corrected chi connectivity index (χ0v) is 18.2. The van der Waals surface area contributed by atoms with Gasteiger partial charge in [-0.15, -0.1) is 0 Å². The lowest BCUT2D eigenvalue weighted by Crippen LogP contribution is -2.56. The molecule has 0 bridgehead atoms. The van der Waals surface area contributed by atoms with Gasteiger partial charge in [-0.2, -0.15) is 8.78 Å². The number of alkyl halides is 2. The van der Waals surface area contributed by atoms with Crippen LogP contribution in [0.5, 0.6) is 0 Å². The molecule has 164 valence electrons. The molecule has 2 aromatic carbocycles. The van der Waals surface area contributed by atoms with Gasteiger partial charge in [0.25, 0.3) is 0 Å². The molecule has 0 unspecified atom stereocenters. The average molecular weight is 426 g/mol. The second-order valence-corrected chi connectivity index (χ2v) is 9.22. The van der Waals surface area contributed by atoms with Crippen LogP contribution in [0.2, 0.25) is 0 Å². The van der Waals surface area contributed by atoms with Crippen molar-refractivity contribution in [2.24, 2.45) is 0 Å². The maximum Gasteiger partial charge on any atom is 0.342 e. The SMILES string of the molecule is Cc1ccc(C(=O)CCCN2CC[C@H]3[C@@H](C2)c2cccc4c2N3CC(F)(F)N4C)cc1. The maximum atomic E-state index is 14.6. The van der Waals surface area contributed by atoms with E-state index in [2.05, 4.69) is 11.0 Å². The van der Waals surface area contributed by atoms with Gasteiger partial charge in [0.05, 0.1) is 11.4 Å². The third kappa shape index (κ3) is 3.51. The molecule has 0 saturated carbocycles. The Balaban J connectivity index is 1.25. The van der Waals surface area contributed by atoms with Gasteiger partial charge in [-0.25, -0.2) is 0 Å². The molecular weight excluding hydrogens is 396 g/mol. The fraction of sp³-hybridized carbons (Fsp3) is 0.480. The molecule has 3 heterocycles. The number of carbonyl (C=O) groups is 1. The Labute approximate surface area is 182 Å². The van der Waals surface area contributed by atoms with Gasteiger partial charge < -0.3 is 14.7 Å². The number of fused-ring (bicyclic) bond motifs is 3. The van der Waals surface area contributed by atoms with Gasteiger partial charge >= 0.3 is 6.05 Å². The molecule has 0 radical (unpaired) electrons. The number of hydrogen-bond acceptors (Lipinski definition) is 4. The van der Waals surface area contributed by atoms with E-state index in [1.165, 1.54) is 12.6 Å². The molecule has 6 heteroatoms. The first-order valence-corrected chi connectivity index (χ1v) is 11.2. The second kappa shape index (κ2) is 7.59. The van der Waals surface area contributed by atoms with Crippen molar-refractivity contribution in [2.75, 3.05) is 43.0 Å². The zero-order valence-electron chi connectivity index (χ0n) is 18.2. The summed E-state index contributed by atoms with van der Waals surface area (Å²) in [6, 6.07) is 10.9. The number of ketones is 1. The predicted molar refractivity (Wildman–Crippen MR) is 119 cm³/mol. The Kier molecular flexibility index (Phi) is 5.00. The van der Waals surface area contributed by atoms with Gasteiger partial charge in [0.2, 0.25) is 0 Å². The van der Waals surface area contributed by atoms with Gasteiger partial charge in [-0.05, 0) is 37.9 Å². The minimum atomic E-state index is -2.85. The topological polar surface area (TPSA) is 26.8 Å². The molecule has 5 rings (SSSR count). The van der Waals surface area contributed by atoms with Gasteiger partial charge in [0.15, 0.2) is 5.78 Å². The number of likely N-dealkylation sites (N-methyl/N-ethyl adjacent to an activating group) is 1. The lowest BCUT2D eigenvalue weighted by molar-refractivity contribution is 0.00439. The van der Waals surface area contributed by atoms with Crippen LogP contribution in [0.1, 0.15) is 46.7 Å². The average Bonchev–Trinajstić information content (AvgIpc) is 3.06. The number of anilines is 2. The number of halogens is 2. The van der Waals surface area contributed by atoms with Crippen molar-refractivity contribution in [3.05, 3.63) is 59.2 Å². The third-order valence-electron chi connectivity index (χ3n) is 7.26. The standard InChI is InChI=1S/C25H29F2N3O/c1-17-8-10-18(11-9-17)23(31)7-4-13-29-14-12-21-20(15-29)19-5-3-6-22-24(19)30(21)16-25(26,27)28(22)2/h3,5-6,8-11,20-21H,4,7,12-16H2,1-2H3/t20-,21-/m0/s1. The van der Waals surface area contributed by atoms with Crippen molar-refractivity contribution in [3.63, 3.8) is 0 Å². The van der Waals surface area contributed by atoms with Crippen LogP contribution >= 0.6 is 0 Å². The summed E-state index contributed by atoms with van der Waals surface area (Å²) in [6.07, 6.45) is 2.24. The van der Waals surface area contributed by atoms with Gasteiger partial charge in [-0.3, -0.25) is 4.79 Å². The zero-order chi connectivity index (χ0) is 21.8. The largest absolute Gasteiger partial charge is 0.358 e. The number of hydrogen-bond donors (Lipinski definition) is 0. The quantitative estimate of drug-likeness (QED) is 0.514. The second-order valence-electron chi connectivity index (χ2n) is 9.22. The lowest BCUT2D eigenvalue weighted by atomic mass is 9.89. The van der Waals surface area contributed by atoms with E-state index in [1.807, 2.05) is 48.2 Å². The van der Waals surface area contributed by atoms with Crippen molar-refractivity contribution in [3.8, 4) is 0 Å². The molecule has 2 atom stereocenters. The number of benzene rings is 2. The highest BCUT2D eigenvalue weighted by atomic mass is 19.3. The number of Topliss-reactive ketones (excluding diaryl/α,β-unsaturated/α-hetero) is 1. The van der Waals surface area contributed by atoms with E-state index in [0.29, 0.717) is 12.1 Å². The molecule has 4 nitrogen and oxygen atoms in total. The van der Waals surface area contributed by atoms with Crippen LogP contribution in [0.25, 0.3) is 0 Å². The fourth-order valence-corrected chi connectivity index (χ4v) is 5.52. The van der Waals surface area contributed by atoms with Gasteiger partial charge in [-0.1, -0.05) is 42.0 Å². The van der Waals surface area contributed by atoms with Crippen molar-refractivity contribution >= 4 is 17.2 Å². The van der Waals surface area contributed by atoms with Crippen LogP contribution in [0, 0.1) is 6.92 Å². The Hall–Kier alpha value is -2.47. The molecule has 0 aromatic heterocycles. The number of nitrogens with zero attached hydrogens (tertiary/aromatic N) is 3. The van der Waals surface area contributed by atoms with Crippen molar-refractivity contribution < 1.29 is 13.6 Å². The van der Waals surface area contributed by atoms with E-state index in [1.54, 1.807) is 0 Å². The number of aryl methyl sites for hydroxylation is 1. The smallest absolute Gasteiger partial charge is 0.342 e. The molecule has 1 saturated heterocycles. The number of likely N-dealkylation sites (tertiary alicyclic amines) is 1. The van der Waals surface area contributed by atoms with Crippen LogP contribution in [-0.2, 0) is 0 Å². The number of carbonyl (C=O) groups excluding carboxylic acids is 1. The first-order valence-electron chi connectivity index (χ1n) is 11.2. The molecule has 0 aliphatic carbocycles. The first-order chi connectivity index (χ1) is 14.8. The highest BCUT2D eigenvalue weighted by Crippen LogP contribution is 2.53. The van der Waals surface area contributed by atoms with Crippen LogP contribution in [-0.4, -0.2) is 56.0 Å². The molecule has 31 heavy (non-hydrogen) atoms. The van der Waals surface area contributed by atoms with Crippen LogP contribution in [0.3, 0.4) is 0 Å². The maximum absolute atomic E-state index is 14.6. The highest BCUT2D eigenvalue weighted by Gasteiger charge is 2.51. The van der Waals surface area contributed by atoms with Crippen molar-refractivity contribution in [1.82, 2.24) is 4.90 Å². The number of piperidine rings is 1. The minimum absolute atomic E-state index is 0.140. The van der Waals surface area contributed by atoms with E-state index in [-0.39, 0.29) is 24.3 Å². The molecule has 0 amide bonds. The predicted octanol–water partition coefficient (Wildman–Crippen LogP) is 4.68.